The van der Waals surface area contributed by atoms with Crippen molar-refractivity contribution in [1.29, 1.82) is 0 Å². The van der Waals surface area contributed by atoms with Crippen molar-refractivity contribution in [1.82, 2.24) is 14.9 Å². The second-order valence-corrected chi connectivity index (χ2v) is 5.22. The zero-order chi connectivity index (χ0) is 12.2. The smallest absolute Gasteiger partial charge is 0.105 e. The molecule has 1 unspecified atom stereocenters. The van der Waals surface area contributed by atoms with Crippen LogP contribution >= 0.6 is 0 Å². The maximum Gasteiger partial charge on any atom is 0.105 e. The Kier molecular flexibility index (Phi) is 4.50. The van der Waals surface area contributed by atoms with Gasteiger partial charge in [-0.25, -0.2) is 4.98 Å². The first kappa shape index (κ1) is 13.2. The number of aryl methyl sites for hydroxylation is 1. The third kappa shape index (κ3) is 3.61. The van der Waals surface area contributed by atoms with E-state index in [1.165, 1.54) is 0 Å². The van der Waals surface area contributed by atoms with E-state index in [1.807, 2.05) is 19.3 Å². The zero-order valence-electron chi connectivity index (χ0n) is 10.7. The SMILES string of the molecule is Cc1nccn1CCNC(CO)C(C)(C)C. The summed E-state index contributed by atoms with van der Waals surface area (Å²) in [6.45, 7) is 10.3. The summed E-state index contributed by atoms with van der Waals surface area (Å²) in [4.78, 5) is 4.17. The number of rotatable bonds is 5. The van der Waals surface area contributed by atoms with E-state index in [0.717, 1.165) is 18.9 Å². The van der Waals surface area contributed by atoms with Crippen LogP contribution < -0.4 is 5.32 Å². The molecule has 0 saturated heterocycles. The van der Waals surface area contributed by atoms with Crippen molar-refractivity contribution < 1.29 is 5.11 Å². The highest BCUT2D eigenvalue weighted by atomic mass is 16.3. The van der Waals surface area contributed by atoms with Gasteiger partial charge in [0.25, 0.3) is 0 Å². The van der Waals surface area contributed by atoms with Crippen LogP contribution in [-0.4, -0.2) is 33.9 Å². The summed E-state index contributed by atoms with van der Waals surface area (Å²) in [6, 6.07) is 0.135. The Morgan fingerprint density at radius 1 is 1.50 bits per heavy atom. The van der Waals surface area contributed by atoms with E-state index in [4.69, 9.17) is 0 Å². The van der Waals surface area contributed by atoms with Crippen molar-refractivity contribution in [2.45, 2.75) is 40.3 Å². The summed E-state index contributed by atoms with van der Waals surface area (Å²) in [7, 11) is 0. The topological polar surface area (TPSA) is 50.1 Å². The minimum atomic E-state index is 0.0821. The molecule has 92 valence electrons. The average Bonchev–Trinajstić information content (AvgIpc) is 2.57. The van der Waals surface area contributed by atoms with Gasteiger partial charge in [-0.2, -0.15) is 0 Å². The lowest BCUT2D eigenvalue weighted by Crippen LogP contribution is -2.44. The number of aliphatic hydroxyl groups excluding tert-OH is 1. The maximum absolute atomic E-state index is 9.29. The Balaban J connectivity index is 2.37. The van der Waals surface area contributed by atoms with Crippen molar-refractivity contribution >= 4 is 0 Å². The summed E-state index contributed by atoms with van der Waals surface area (Å²) in [5.41, 5.74) is 0.0821. The number of nitrogens with zero attached hydrogens (tertiary/aromatic N) is 2. The first-order valence-corrected chi connectivity index (χ1v) is 5.77. The molecule has 4 nitrogen and oxygen atoms in total. The highest BCUT2D eigenvalue weighted by Crippen LogP contribution is 2.18. The number of aliphatic hydroxyl groups is 1. The van der Waals surface area contributed by atoms with Crippen molar-refractivity contribution in [2.24, 2.45) is 5.41 Å². The first-order valence-electron chi connectivity index (χ1n) is 5.77. The highest BCUT2D eigenvalue weighted by molar-refractivity contribution is 4.88. The molecule has 0 fully saturated rings. The average molecular weight is 225 g/mol. The quantitative estimate of drug-likeness (QED) is 0.791. The minimum absolute atomic E-state index is 0.0821. The van der Waals surface area contributed by atoms with Crippen LogP contribution in [0.5, 0.6) is 0 Å². The van der Waals surface area contributed by atoms with Crippen LogP contribution in [0.15, 0.2) is 12.4 Å². The Morgan fingerprint density at radius 2 is 2.19 bits per heavy atom. The van der Waals surface area contributed by atoms with Gasteiger partial charge >= 0.3 is 0 Å². The number of hydrogen-bond acceptors (Lipinski definition) is 3. The van der Waals surface area contributed by atoms with Gasteiger partial charge in [-0.05, 0) is 12.3 Å². The molecule has 0 bridgehead atoms. The molecule has 0 saturated carbocycles. The van der Waals surface area contributed by atoms with Crippen molar-refractivity contribution in [3.8, 4) is 0 Å². The second kappa shape index (κ2) is 5.46. The molecule has 1 rings (SSSR count). The predicted molar refractivity (Wildman–Crippen MR) is 65.3 cm³/mol. The van der Waals surface area contributed by atoms with Crippen molar-refractivity contribution in [3.63, 3.8) is 0 Å². The van der Waals surface area contributed by atoms with E-state index in [-0.39, 0.29) is 18.1 Å². The highest BCUT2D eigenvalue weighted by Gasteiger charge is 2.22. The van der Waals surface area contributed by atoms with Gasteiger partial charge in [0.1, 0.15) is 5.82 Å². The van der Waals surface area contributed by atoms with Crippen molar-refractivity contribution in [2.75, 3.05) is 13.2 Å². The molecule has 4 heteroatoms. The fraction of sp³-hybridized carbons (Fsp3) is 0.750. The van der Waals surface area contributed by atoms with E-state index in [0.29, 0.717) is 0 Å². The Morgan fingerprint density at radius 3 is 2.62 bits per heavy atom. The van der Waals surface area contributed by atoms with Crippen molar-refractivity contribution in [3.05, 3.63) is 18.2 Å². The molecule has 0 aliphatic carbocycles. The van der Waals surface area contributed by atoms with Gasteiger partial charge in [0.05, 0.1) is 6.61 Å². The number of hydrogen-bond donors (Lipinski definition) is 2. The number of aromatic nitrogens is 2. The Labute approximate surface area is 97.7 Å². The Bertz CT molecular complexity index is 314. The van der Waals surface area contributed by atoms with Gasteiger partial charge in [0.15, 0.2) is 0 Å². The van der Waals surface area contributed by atoms with E-state index >= 15 is 0 Å². The molecule has 0 aliphatic heterocycles. The maximum atomic E-state index is 9.29. The molecule has 0 aromatic carbocycles. The van der Waals surface area contributed by atoms with E-state index < -0.39 is 0 Å². The fourth-order valence-corrected chi connectivity index (χ4v) is 1.64. The van der Waals surface area contributed by atoms with E-state index in [2.05, 4.69) is 35.6 Å². The molecule has 0 aliphatic rings. The largest absolute Gasteiger partial charge is 0.395 e. The summed E-state index contributed by atoms with van der Waals surface area (Å²) in [5.74, 6) is 1.03. The molecule has 0 radical (unpaired) electrons. The summed E-state index contributed by atoms with van der Waals surface area (Å²) in [6.07, 6.45) is 3.78. The molecule has 1 aromatic heterocycles. The predicted octanol–water partition coefficient (Wildman–Crippen LogP) is 1.19. The standard InChI is InChI=1S/C12H23N3O/c1-10-13-5-7-15(10)8-6-14-11(9-16)12(2,3)4/h5,7,11,14,16H,6,8-9H2,1-4H3. The lowest BCUT2D eigenvalue weighted by Gasteiger charge is -2.30. The lowest BCUT2D eigenvalue weighted by atomic mass is 9.87. The van der Waals surface area contributed by atoms with Gasteiger partial charge in [-0.15, -0.1) is 0 Å². The van der Waals surface area contributed by atoms with Gasteiger partial charge in [0.2, 0.25) is 0 Å². The summed E-state index contributed by atoms with van der Waals surface area (Å²) < 4.78 is 2.10. The van der Waals surface area contributed by atoms with Crippen LogP contribution in [0.1, 0.15) is 26.6 Å². The van der Waals surface area contributed by atoms with Crippen LogP contribution in [0.2, 0.25) is 0 Å². The molecular formula is C12H23N3O. The van der Waals surface area contributed by atoms with Gasteiger partial charge in [-0.3, -0.25) is 0 Å². The minimum Gasteiger partial charge on any atom is -0.395 e. The molecule has 1 aromatic rings. The number of nitrogens with one attached hydrogen (secondary N) is 1. The third-order valence-electron chi connectivity index (χ3n) is 2.90. The Hall–Kier alpha value is -0.870. The van der Waals surface area contributed by atoms with Crippen LogP contribution in [0.25, 0.3) is 0 Å². The second-order valence-electron chi connectivity index (χ2n) is 5.22. The fourth-order valence-electron chi connectivity index (χ4n) is 1.64. The third-order valence-corrected chi connectivity index (χ3v) is 2.90. The number of imidazole rings is 1. The van der Waals surface area contributed by atoms with Gasteiger partial charge in [-0.1, -0.05) is 20.8 Å². The molecule has 0 amide bonds. The molecular weight excluding hydrogens is 202 g/mol. The normalized spacial score (nSPS) is 14.1. The van der Waals surface area contributed by atoms with E-state index in [1.54, 1.807) is 0 Å². The lowest BCUT2D eigenvalue weighted by molar-refractivity contribution is 0.158. The molecule has 0 spiro atoms. The molecule has 1 atom stereocenters. The molecule has 2 N–H and O–H groups in total. The van der Waals surface area contributed by atoms with Crippen LogP contribution in [0.3, 0.4) is 0 Å². The van der Waals surface area contributed by atoms with Crippen LogP contribution in [-0.2, 0) is 6.54 Å². The molecule has 16 heavy (non-hydrogen) atoms. The van der Waals surface area contributed by atoms with Crippen LogP contribution in [0, 0.1) is 12.3 Å². The van der Waals surface area contributed by atoms with Crippen LogP contribution in [0.4, 0.5) is 0 Å². The molecule has 1 heterocycles. The zero-order valence-corrected chi connectivity index (χ0v) is 10.7. The first-order chi connectivity index (χ1) is 7.45. The monoisotopic (exact) mass is 225 g/mol. The van der Waals surface area contributed by atoms with Gasteiger partial charge in [0, 0.05) is 31.5 Å². The summed E-state index contributed by atoms with van der Waals surface area (Å²) in [5, 5.41) is 12.7. The summed E-state index contributed by atoms with van der Waals surface area (Å²) >= 11 is 0. The van der Waals surface area contributed by atoms with E-state index in [9.17, 15) is 5.11 Å². The van der Waals surface area contributed by atoms with Gasteiger partial charge < -0.3 is 15.0 Å².